The van der Waals surface area contributed by atoms with Gasteiger partial charge in [-0.1, -0.05) is 38.1 Å². The molecule has 7 nitrogen and oxygen atoms in total. The Hall–Kier alpha value is -2.75. The molecule has 2 aromatic carbocycles. The summed E-state index contributed by atoms with van der Waals surface area (Å²) in [4.78, 5) is 8.87. The predicted octanol–water partition coefficient (Wildman–Crippen LogP) is 4.37. The van der Waals surface area contributed by atoms with Gasteiger partial charge in [0, 0.05) is 24.6 Å². The van der Waals surface area contributed by atoms with Crippen LogP contribution in [0.5, 0.6) is 11.5 Å². The van der Waals surface area contributed by atoms with Crippen LogP contribution in [0.1, 0.15) is 25.1 Å². The number of ether oxygens (including phenoxy) is 2. The molecule has 0 aliphatic carbocycles. The number of aromatic nitrogens is 1. The molecule has 0 saturated heterocycles. The largest absolute Gasteiger partial charge is 0.486 e. The Bertz CT molecular complexity index is 1050. The van der Waals surface area contributed by atoms with Gasteiger partial charge in [0.2, 0.25) is 5.89 Å². The number of halogens is 1. The fraction of sp³-hybridized carbons (Fsp3) is 0.333. The molecule has 0 radical (unpaired) electrons. The number of hydrogen-bond donors (Lipinski definition) is 2. The van der Waals surface area contributed by atoms with Crippen molar-refractivity contribution in [2.75, 3.05) is 26.8 Å². The molecule has 1 aliphatic heterocycles. The van der Waals surface area contributed by atoms with Crippen LogP contribution >= 0.6 is 24.0 Å². The van der Waals surface area contributed by atoms with Crippen LogP contribution in [-0.4, -0.2) is 37.7 Å². The standard InChI is InChI=1S/C24H28N4O3.HI/c1-24(2,18-9-10-20-21(13-18)30-12-11-29-20)16-27-23(25-3)26-14-19-15-31-22(28-19)17-7-5-4-6-8-17;/h4-10,13,15H,11-12,14,16H2,1-3H3,(H2,25,26,27);1H. The minimum Gasteiger partial charge on any atom is -0.486 e. The van der Waals surface area contributed by atoms with E-state index in [1.54, 1.807) is 13.3 Å². The first-order valence-electron chi connectivity index (χ1n) is 10.4. The molecule has 0 amide bonds. The van der Waals surface area contributed by atoms with Gasteiger partial charge < -0.3 is 24.5 Å². The number of hydrogen-bond acceptors (Lipinski definition) is 5. The lowest BCUT2D eigenvalue weighted by molar-refractivity contribution is 0.171. The minimum atomic E-state index is -0.137. The molecule has 8 heteroatoms. The molecule has 0 unspecified atom stereocenters. The second-order valence-electron chi connectivity index (χ2n) is 8.03. The maximum absolute atomic E-state index is 5.73. The average Bonchev–Trinajstić information content (AvgIpc) is 3.28. The summed E-state index contributed by atoms with van der Waals surface area (Å²) in [5, 5.41) is 6.70. The summed E-state index contributed by atoms with van der Waals surface area (Å²) in [7, 11) is 1.75. The van der Waals surface area contributed by atoms with Gasteiger partial charge >= 0.3 is 0 Å². The molecule has 0 fully saturated rings. The normalized spacial score (nSPS) is 13.3. The van der Waals surface area contributed by atoms with Crippen molar-refractivity contribution in [1.29, 1.82) is 0 Å². The first kappa shape index (κ1) is 23.9. The third kappa shape index (κ3) is 5.73. The van der Waals surface area contributed by atoms with E-state index in [0.29, 0.717) is 38.2 Å². The molecule has 1 aliphatic rings. The number of aliphatic imine (C=N–C) groups is 1. The third-order valence-electron chi connectivity index (χ3n) is 5.25. The summed E-state index contributed by atoms with van der Waals surface area (Å²) in [6.45, 7) is 6.75. The highest BCUT2D eigenvalue weighted by atomic mass is 127. The van der Waals surface area contributed by atoms with E-state index in [2.05, 4.69) is 46.6 Å². The summed E-state index contributed by atoms with van der Waals surface area (Å²) in [5.41, 5.74) is 2.80. The number of fused-ring (bicyclic) bond motifs is 1. The van der Waals surface area contributed by atoms with Gasteiger partial charge in [0.15, 0.2) is 17.5 Å². The number of benzene rings is 2. The molecule has 0 spiro atoms. The Balaban J connectivity index is 0.00000289. The molecule has 0 saturated carbocycles. The molecule has 2 heterocycles. The van der Waals surface area contributed by atoms with Gasteiger partial charge in [0.25, 0.3) is 0 Å². The van der Waals surface area contributed by atoms with Crippen molar-refractivity contribution >= 4 is 29.9 Å². The summed E-state index contributed by atoms with van der Waals surface area (Å²) >= 11 is 0. The molecule has 0 atom stereocenters. The predicted molar refractivity (Wildman–Crippen MR) is 136 cm³/mol. The Kier molecular flexibility index (Phi) is 8.00. The molecular formula is C24H29IN4O3. The van der Waals surface area contributed by atoms with Gasteiger partial charge in [-0.05, 0) is 29.8 Å². The highest BCUT2D eigenvalue weighted by Crippen LogP contribution is 2.34. The van der Waals surface area contributed by atoms with Gasteiger partial charge in [-0.15, -0.1) is 24.0 Å². The van der Waals surface area contributed by atoms with E-state index in [1.165, 1.54) is 5.56 Å². The van der Waals surface area contributed by atoms with Gasteiger partial charge in [-0.2, -0.15) is 0 Å². The number of nitrogens with zero attached hydrogens (tertiary/aromatic N) is 2. The van der Waals surface area contributed by atoms with Crippen LogP contribution in [0.25, 0.3) is 11.5 Å². The zero-order valence-corrected chi connectivity index (χ0v) is 20.9. The van der Waals surface area contributed by atoms with Crippen molar-refractivity contribution in [3.8, 4) is 23.0 Å². The van der Waals surface area contributed by atoms with Crippen molar-refractivity contribution in [3.05, 3.63) is 66.1 Å². The SMILES string of the molecule is CN=C(NCc1coc(-c2ccccc2)n1)NCC(C)(C)c1ccc2c(c1)OCCO2.I. The molecular weight excluding hydrogens is 519 g/mol. The van der Waals surface area contributed by atoms with Crippen molar-refractivity contribution in [2.24, 2.45) is 4.99 Å². The minimum absolute atomic E-state index is 0. The first-order valence-corrected chi connectivity index (χ1v) is 10.4. The Morgan fingerprint density at radius 2 is 1.78 bits per heavy atom. The molecule has 2 N–H and O–H groups in total. The number of oxazole rings is 1. The highest BCUT2D eigenvalue weighted by molar-refractivity contribution is 14.0. The summed E-state index contributed by atoms with van der Waals surface area (Å²) in [5.74, 6) is 2.92. The monoisotopic (exact) mass is 548 g/mol. The lowest BCUT2D eigenvalue weighted by atomic mass is 9.84. The maximum atomic E-state index is 5.73. The van der Waals surface area contributed by atoms with Crippen LogP contribution in [0.3, 0.4) is 0 Å². The Morgan fingerprint density at radius 3 is 2.53 bits per heavy atom. The van der Waals surface area contributed by atoms with Crippen LogP contribution < -0.4 is 20.1 Å². The summed E-state index contributed by atoms with van der Waals surface area (Å²) in [6, 6.07) is 16.0. The maximum Gasteiger partial charge on any atom is 0.226 e. The zero-order valence-electron chi connectivity index (χ0n) is 18.6. The van der Waals surface area contributed by atoms with Crippen LogP contribution in [0.4, 0.5) is 0 Å². The highest BCUT2D eigenvalue weighted by Gasteiger charge is 2.24. The van der Waals surface area contributed by atoms with Crippen LogP contribution in [0.15, 0.2) is 64.2 Å². The van der Waals surface area contributed by atoms with Crippen LogP contribution in [-0.2, 0) is 12.0 Å². The molecule has 3 aromatic rings. The first-order chi connectivity index (χ1) is 15.0. The number of nitrogens with one attached hydrogen (secondary N) is 2. The second-order valence-corrected chi connectivity index (χ2v) is 8.03. The van der Waals surface area contributed by atoms with Crippen molar-refractivity contribution in [3.63, 3.8) is 0 Å². The van der Waals surface area contributed by atoms with Crippen molar-refractivity contribution in [2.45, 2.75) is 25.8 Å². The molecule has 170 valence electrons. The van der Waals surface area contributed by atoms with E-state index in [-0.39, 0.29) is 29.4 Å². The average molecular weight is 548 g/mol. The van der Waals surface area contributed by atoms with Crippen molar-refractivity contribution < 1.29 is 13.9 Å². The zero-order chi connectivity index (χ0) is 21.7. The van der Waals surface area contributed by atoms with E-state index in [4.69, 9.17) is 13.9 Å². The molecule has 32 heavy (non-hydrogen) atoms. The van der Waals surface area contributed by atoms with Crippen LogP contribution in [0, 0.1) is 0 Å². The quantitative estimate of drug-likeness (QED) is 0.271. The smallest absolute Gasteiger partial charge is 0.226 e. The number of guanidine groups is 1. The summed E-state index contributed by atoms with van der Waals surface area (Å²) < 4.78 is 17.0. The van der Waals surface area contributed by atoms with Gasteiger partial charge in [0.1, 0.15) is 19.5 Å². The third-order valence-corrected chi connectivity index (χ3v) is 5.25. The lowest BCUT2D eigenvalue weighted by Gasteiger charge is -2.28. The molecule has 1 aromatic heterocycles. The van der Waals surface area contributed by atoms with E-state index in [9.17, 15) is 0 Å². The van der Waals surface area contributed by atoms with E-state index < -0.39 is 0 Å². The van der Waals surface area contributed by atoms with E-state index in [0.717, 1.165) is 22.8 Å². The van der Waals surface area contributed by atoms with E-state index in [1.807, 2.05) is 36.4 Å². The van der Waals surface area contributed by atoms with Gasteiger partial charge in [-0.25, -0.2) is 4.98 Å². The molecule has 0 bridgehead atoms. The Labute approximate surface area is 205 Å². The van der Waals surface area contributed by atoms with Gasteiger partial charge in [0.05, 0.1) is 12.2 Å². The van der Waals surface area contributed by atoms with E-state index >= 15 is 0 Å². The second kappa shape index (κ2) is 10.7. The molecule has 4 rings (SSSR count). The topological polar surface area (TPSA) is 80.9 Å². The van der Waals surface area contributed by atoms with Gasteiger partial charge in [-0.3, -0.25) is 4.99 Å². The number of rotatable bonds is 6. The van der Waals surface area contributed by atoms with Crippen LogP contribution in [0.2, 0.25) is 0 Å². The lowest BCUT2D eigenvalue weighted by Crippen LogP contribution is -2.43. The van der Waals surface area contributed by atoms with Crippen molar-refractivity contribution in [1.82, 2.24) is 15.6 Å². The fourth-order valence-electron chi connectivity index (χ4n) is 3.37. The fourth-order valence-corrected chi connectivity index (χ4v) is 3.37. The Morgan fingerprint density at radius 1 is 1.03 bits per heavy atom. The summed E-state index contributed by atoms with van der Waals surface area (Å²) in [6.07, 6.45) is 1.67.